The van der Waals surface area contributed by atoms with Gasteiger partial charge in [-0.1, -0.05) is 0 Å². The van der Waals surface area contributed by atoms with Crippen LogP contribution in [0.3, 0.4) is 0 Å². The zero-order chi connectivity index (χ0) is 23.8. The molecule has 6 nitrogen and oxygen atoms in total. The van der Waals surface area contributed by atoms with Crippen molar-refractivity contribution in [3.8, 4) is 11.4 Å². The molecule has 0 saturated heterocycles. The molecule has 0 saturated carbocycles. The van der Waals surface area contributed by atoms with Crippen LogP contribution in [0, 0.1) is 6.92 Å². The summed E-state index contributed by atoms with van der Waals surface area (Å²) in [6.45, 7) is -0.417. The lowest BCUT2D eigenvalue weighted by Crippen LogP contribution is -2.41. The summed E-state index contributed by atoms with van der Waals surface area (Å²) in [7, 11) is -1.68. The molecule has 0 amide bonds. The maximum absolute atomic E-state index is 13.2. The number of rotatable bonds is 7. The van der Waals surface area contributed by atoms with Crippen molar-refractivity contribution in [3.05, 3.63) is 66.2 Å². The normalized spacial score (nSPS) is 13.4. The van der Waals surface area contributed by atoms with Gasteiger partial charge >= 0.3 is 12.1 Å². The van der Waals surface area contributed by atoms with E-state index in [9.17, 15) is 26.2 Å². The number of halogens is 5. The third kappa shape index (κ3) is 4.75. The van der Waals surface area contributed by atoms with Crippen molar-refractivity contribution in [2.24, 2.45) is 0 Å². The lowest BCUT2D eigenvalue weighted by atomic mass is 10.2. The predicted octanol–water partition coefficient (Wildman–Crippen LogP) is 4.94. The molecular formula is C21H17F5N4O2S. The van der Waals surface area contributed by atoms with Gasteiger partial charge < -0.3 is 14.3 Å². The highest BCUT2D eigenvalue weighted by Crippen LogP contribution is 2.36. The Hall–Kier alpha value is -3.28. The number of alkyl halides is 5. The lowest BCUT2D eigenvalue weighted by Gasteiger charge is -2.20. The van der Waals surface area contributed by atoms with Crippen LogP contribution in [0.4, 0.5) is 22.0 Å². The first kappa shape index (κ1) is 22.9. The summed E-state index contributed by atoms with van der Waals surface area (Å²) in [6, 6.07) is 10.4. The maximum atomic E-state index is 13.2. The summed E-state index contributed by atoms with van der Waals surface area (Å²) in [5.41, 5.74) is 2.60. The molecule has 0 radical (unpaired) electrons. The van der Waals surface area contributed by atoms with Crippen LogP contribution in [0.25, 0.3) is 16.7 Å². The average Bonchev–Trinajstić information content (AvgIpc) is 3.43. The molecule has 0 aliphatic carbocycles. The van der Waals surface area contributed by atoms with E-state index in [-0.39, 0.29) is 27.9 Å². The fraction of sp³-hybridized carbons (Fsp3) is 0.238. The molecule has 1 aromatic carbocycles. The summed E-state index contributed by atoms with van der Waals surface area (Å²) in [5, 5.41) is 0.186. The van der Waals surface area contributed by atoms with E-state index in [2.05, 4.69) is 15.0 Å². The van der Waals surface area contributed by atoms with E-state index in [4.69, 9.17) is 4.74 Å². The summed E-state index contributed by atoms with van der Waals surface area (Å²) in [5.74, 6) is -5.33. The monoisotopic (exact) mass is 484 g/mol. The number of benzene rings is 1. The van der Waals surface area contributed by atoms with Crippen LogP contribution < -0.4 is 4.74 Å². The second-order valence-electron chi connectivity index (χ2n) is 7.20. The highest BCUT2D eigenvalue weighted by atomic mass is 32.2. The molecule has 33 heavy (non-hydrogen) atoms. The number of nitrogens with zero attached hydrogens (tertiary/aromatic N) is 3. The van der Waals surface area contributed by atoms with Gasteiger partial charge in [0.05, 0.1) is 33.3 Å². The van der Waals surface area contributed by atoms with Crippen molar-refractivity contribution in [3.63, 3.8) is 0 Å². The number of pyridine rings is 1. The highest BCUT2D eigenvalue weighted by molar-refractivity contribution is 7.84. The first-order chi connectivity index (χ1) is 15.5. The van der Waals surface area contributed by atoms with Crippen molar-refractivity contribution in [1.82, 2.24) is 19.5 Å². The molecule has 12 heteroatoms. The molecule has 3 aromatic heterocycles. The number of fused-ring (bicyclic) bond motifs is 1. The van der Waals surface area contributed by atoms with Crippen molar-refractivity contribution in [2.45, 2.75) is 29.9 Å². The average molecular weight is 484 g/mol. The van der Waals surface area contributed by atoms with Crippen molar-refractivity contribution < 1.29 is 30.9 Å². The molecule has 4 aromatic rings. The molecular weight excluding hydrogens is 467 g/mol. The van der Waals surface area contributed by atoms with Gasteiger partial charge in [-0.25, -0.2) is 4.98 Å². The van der Waals surface area contributed by atoms with Gasteiger partial charge in [-0.3, -0.25) is 9.19 Å². The molecule has 1 atom stereocenters. The number of H-pyrrole nitrogens is 1. The van der Waals surface area contributed by atoms with Gasteiger partial charge in [0.25, 0.3) is 0 Å². The van der Waals surface area contributed by atoms with Crippen molar-refractivity contribution >= 4 is 21.8 Å². The number of hydrogen-bond acceptors (Lipinski definition) is 4. The molecule has 0 aliphatic rings. The van der Waals surface area contributed by atoms with Crippen LogP contribution >= 0.6 is 0 Å². The molecule has 4 rings (SSSR count). The number of imidazole rings is 1. The molecule has 0 spiro atoms. The molecule has 1 unspecified atom stereocenters. The number of hydrogen-bond donors (Lipinski definition) is 1. The van der Waals surface area contributed by atoms with Crippen molar-refractivity contribution in [2.75, 3.05) is 6.61 Å². The molecule has 3 heterocycles. The highest BCUT2D eigenvalue weighted by Gasteiger charge is 2.58. The number of ether oxygens (including phenoxy) is 1. The Morgan fingerprint density at radius 3 is 2.55 bits per heavy atom. The van der Waals surface area contributed by atoms with E-state index < -0.39 is 29.5 Å². The minimum Gasteiger partial charge on any atom is -0.487 e. The second-order valence-corrected chi connectivity index (χ2v) is 8.56. The maximum Gasteiger partial charge on any atom is 0.456 e. The zero-order valence-electron chi connectivity index (χ0n) is 17.1. The van der Waals surface area contributed by atoms with E-state index >= 15 is 0 Å². The minimum absolute atomic E-state index is 0.136. The van der Waals surface area contributed by atoms with E-state index in [1.165, 1.54) is 19.2 Å². The predicted molar refractivity (Wildman–Crippen MR) is 111 cm³/mol. The number of aromatic nitrogens is 4. The van der Waals surface area contributed by atoms with Crippen LogP contribution in [-0.2, 0) is 16.6 Å². The van der Waals surface area contributed by atoms with Gasteiger partial charge in [0.1, 0.15) is 5.75 Å². The largest absolute Gasteiger partial charge is 0.487 e. The first-order valence-corrected chi connectivity index (χ1v) is 10.9. The fourth-order valence-corrected chi connectivity index (χ4v) is 4.15. The van der Waals surface area contributed by atoms with Gasteiger partial charge in [-0.15, -0.1) is 0 Å². The van der Waals surface area contributed by atoms with E-state index in [1.807, 2.05) is 41.2 Å². The van der Waals surface area contributed by atoms with Gasteiger partial charge in [0.15, 0.2) is 11.8 Å². The molecule has 1 N–H and O–H groups in total. The fourth-order valence-electron chi connectivity index (χ4n) is 3.05. The van der Waals surface area contributed by atoms with Crippen LogP contribution in [0.1, 0.15) is 11.3 Å². The Morgan fingerprint density at radius 2 is 1.85 bits per heavy atom. The van der Waals surface area contributed by atoms with Gasteiger partial charge in [0.2, 0.25) is 0 Å². The summed E-state index contributed by atoms with van der Waals surface area (Å²) >= 11 is 0. The van der Waals surface area contributed by atoms with Crippen LogP contribution in [0.5, 0.6) is 5.75 Å². The molecule has 0 aliphatic heterocycles. The second kappa shape index (κ2) is 8.58. The minimum atomic E-state index is -5.72. The van der Waals surface area contributed by atoms with E-state index in [0.717, 1.165) is 5.69 Å². The Morgan fingerprint density at radius 1 is 1.12 bits per heavy atom. The summed E-state index contributed by atoms with van der Waals surface area (Å²) in [4.78, 5) is 11.4. The summed E-state index contributed by atoms with van der Waals surface area (Å²) in [6.07, 6.45) is -0.765. The smallest absolute Gasteiger partial charge is 0.456 e. The third-order valence-corrected chi connectivity index (χ3v) is 6.07. The Kier molecular flexibility index (Phi) is 5.95. The number of nitrogens with one attached hydrogen (secondary N) is 1. The number of aromatic amines is 1. The topological polar surface area (TPSA) is 72.8 Å². The van der Waals surface area contributed by atoms with Crippen LogP contribution in [0.2, 0.25) is 0 Å². The van der Waals surface area contributed by atoms with E-state index in [1.54, 1.807) is 6.07 Å². The summed E-state index contributed by atoms with van der Waals surface area (Å²) < 4.78 is 83.0. The quantitative estimate of drug-likeness (QED) is 0.377. The van der Waals surface area contributed by atoms with Gasteiger partial charge in [-0.2, -0.15) is 22.0 Å². The first-order valence-electron chi connectivity index (χ1n) is 9.58. The van der Waals surface area contributed by atoms with Gasteiger partial charge in [0, 0.05) is 29.8 Å². The Bertz CT molecular complexity index is 1300. The Labute approximate surface area is 186 Å². The van der Waals surface area contributed by atoms with Crippen LogP contribution in [0.15, 0.2) is 60.1 Å². The van der Waals surface area contributed by atoms with Gasteiger partial charge in [-0.05, 0) is 43.3 Å². The third-order valence-electron chi connectivity index (χ3n) is 4.91. The van der Waals surface area contributed by atoms with Crippen molar-refractivity contribution in [1.29, 1.82) is 0 Å². The lowest BCUT2D eigenvalue weighted by molar-refractivity contribution is -0.290. The SMILES string of the molecule is Cc1c(OCC(F)(F)C(F)(F)F)ccnc1CS(=O)c1nc2ccc(-n3cccc3)cc2[nH]1. The molecule has 0 bridgehead atoms. The molecule has 174 valence electrons. The zero-order valence-corrected chi connectivity index (χ0v) is 17.9. The van der Waals surface area contributed by atoms with E-state index in [0.29, 0.717) is 11.0 Å². The van der Waals surface area contributed by atoms with Crippen LogP contribution in [-0.4, -0.2) is 42.4 Å². The standard InChI is InChI=1S/C21H17F5N4O2S/c1-13-17(27-7-6-18(13)32-12-20(22,23)21(24,25)26)11-33(31)19-28-15-5-4-14(10-16(15)29-19)30-8-2-3-9-30/h2-10H,11-12H2,1H3,(H,28,29). The Balaban J connectivity index is 1.51. The molecule has 0 fully saturated rings.